The molecule has 0 aliphatic carbocycles. The summed E-state index contributed by atoms with van der Waals surface area (Å²) in [6.45, 7) is 0. The molecule has 0 saturated carbocycles. The third-order valence-electron chi connectivity index (χ3n) is 4.35. The molecule has 1 saturated heterocycles. The number of halogens is 2. The van der Waals surface area contributed by atoms with Gasteiger partial charge in [-0.3, -0.25) is 10.1 Å². The van der Waals surface area contributed by atoms with Gasteiger partial charge in [0.25, 0.3) is 5.91 Å². The molecule has 3 amide bonds. The number of benzene rings is 2. The van der Waals surface area contributed by atoms with Crippen LogP contribution in [0.2, 0.25) is 5.02 Å². The van der Waals surface area contributed by atoms with E-state index in [-0.39, 0.29) is 12.0 Å². The van der Waals surface area contributed by atoms with E-state index >= 15 is 0 Å². The zero-order valence-corrected chi connectivity index (χ0v) is 14.6. The van der Waals surface area contributed by atoms with Gasteiger partial charge in [-0.15, -0.1) is 0 Å². The van der Waals surface area contributed by atoms with Crippen LogP contribution in [0.25, 0.3) is 0 Å². The van der Waals surface area contributed by atoms with Gasteiger partial charge in [0, 0.05) is 21.5 Å². The van der Waals surface area contributed by atoms with Crippen LogP contribution in [-0.2, 0) is 10.3 Å². The first-order valence-electron chi connectivity index (χ1n) is 7.34. The first kappa shape index (κ1) is 15.5. The van der Waals surface area contributed by atoms with E-state index in [0.29, 0.717) is 22.8 Å². The SMILES string of the molecule is O=C1NC(=O)C2(CC(c3ccc(Cl)cc3)Oc3ccc(Br)cc32)N1. The van der Waals surface area contributed by atoms with Crippen LogP contribution >= 0.6 is 27.5 Å². The number of ether oxygens (including phenoxy) is 1. The van der Waals surface area contributed by atoms with E-state index < -0.39 is 11.6 Å². The zero-order chi connectivity index (χ0) is 16.9. The number of amides is 3. The van der Waals surface area contributed by atoms with Crippen molar-refractivity contribution in [1.82, 2.24) is 10.6 Å². The van der Waals surface area contributed by atoms with E-state index in [4.69, 9.17) is 16.3 Å². The number of hydrogen-bond donors (Lipinski definition) is 2. The van der Waals surface area contributed by atoms with Crippen LogP contribution in [0.5, 0.6) is 5.75 Å². The van der Waals surface area contributed by atoms with Gasteiger partial charge in [0.05, 0.1) is 0 Å². The molecule has 0 radical (unpaired) electrons. The van der Waals surface area contributed by atoms with E-state index in [1.807, 2.05) is 18.2 Å². The van der Waals surface area contributed by atoms with Crippen molar-refractivity contribution in [2.45, 2.75) is 18.1 Å². The maximum Gasteiger partial charge on any atom is 0.322 e. The molecule has 1 fully saturated rings. The summed E-state index contributed by atoms with van der Waals surface area (Å²) in [6, 6.07) is 12.2. The van der Waals surface area contributed by atoms with Gasteiger partial charge in [-0.25, -0.2) is 4.79 Å². The van der Waals surface area contributed by atoms with E-state index in [1.54, 1.807) is 24.3 Å². The lowest BCUT2D eigenvalue weighted by molar-refractivity contribution is -0.126. The molecule has 7 heteroatoms. The Bertz CT molecular complexity index is 855. The molecule has 4 rings (SSSR count). The van der Waals surface area contributed by atoms with Gasteiger partial charge in [0.15, 0.2) is 5.54 Å². The summed E-state index contributed by atoms with van der Waals surface area (Å²) in [6.07, 6.45) is -0.0737. The van der Waals surface area contributed by atoms with Gasteiger partial charge < -0.3 is 10.1 Å². The zero-order valence-electron chi connectivity index (χ0n) is 12.3. The lowest BCUT2D eigenvalue weighted by Gasteiger charge is -2.38. The fourth-order valence-electron chi connectivity index (χ4n) is 3.21. The Morgan fingerprint density at radius 2 is 1.92 bits per heavy atom. The van der Waals surface area contributed by atoms with Gasteiger partial charge in [-0.1, -0.05) is 39.7 Å². The van der Waals surface area contributed by atoms with Crippen LogP contribution in [0.4, 0.5) is 4.79 Å². The van der Waals surface area contributed by atoms with E-state index in [0.717, 1.165) is 10.0 Å². The number of hydrogen-bond acceptors (Lipinski definition) is 3. The monoisotopic (exact) mass is 406 g/mol. The molecule has 0 bridgehead atoms. The Morgan fingerprint density at radius 1 is 1.17 bits per heavy atom. The number of rotatable bonds is 1. The van der Waals surface area contributed by atoms with Gasteiger partial charge >= 0.3 is 6.03 Å². The summed E-state index contributed by atoms with van der Waals surface area (Å²) in [7, 11) is 0. The van der Waals surface area contributed by atoms with Crippen LogP contribution in [0.3, 0.4) is 0 Å². The largest absolute Gasteiger partial charge is 0.485 e. The average Bonchev–Trinajstić information content (AvgIpc) is 2.83. The molecular weight excluding hydrogens is 396 g/mol. The smallest absolute Gasteiger partial charge is 0.322 e. The van der Waals surface area contributed by atoms with Crippen LogP contribution in [0.1, 0.15) is 23.7 Å². The van der Waals surface area contributed by atoms with E-state index in [1.165, 1.54) is 0 Å². The van der Waals surface area contributed by atoms with Crippen molar-refractivity contribution in [1.29, 1.82) is 0 Å². The Kier molecular flexibility index (Phi) is 3.54. The Balaban J connectivity index is 1.84. The van der Waals surface area contributed by atoms with Crippen molar-refractivity contribution in [3.05, 3.63) is 63.1 Å². The van der Waals surface area contributed by atoms with E-state index in [2.05, 4.69) is 26.6 Å². The van der Waals surface area contributed by atoms with Gasteiger partial charge in [0.2, 0.25) is 0 Å². The second kappa shape index (κ2) is 5.50. The Labute approximate surface area is 151 Å². The molecule has 2 aliphatic rings. The second-order valence-electron chi connectivity index (χ2n) is 5.82. The van der Waals surface area contributed by atoms with Crippen LogP contribution in [-0.4, -0.2) is 11.9 Å². The number of nitrogens with one attached hydrogen (secondary N) is 2. The lowest BCUT2D eigenvalue weighted by atomic mass is 9.80. The quantitative estimate of drug-likeness (QED) is 0.709. The number of urea groups is 1. The average molecular weight is 408 g/mol. The number of fused-ring (bicyclic) bond motifs is 2. The summed E-state index contributed by atoms with van der Waals surface area (Å²) in [5.74, 6) is 0.205. The van der Waals surface area contributed by atoms with Crippen LogP contribution in [0.15, 0.2) is 46.9 Å². The number of carbonyl (C=O) groups excluding carboxylic acids is 2. The minimum atomic E-state index is -1.14. The van der Waals surface area contributed by atoms with E-state index in [9.17, 15) is 9.59 Å². The fraction of sp³-hybridized carbons (Fsp3) is 0.176. The molecule has 2 atom stereocenters. The predicted octanol–water partition coefficient (Wildman–Crippen LogP) is 3.66. The van der Waals surface area contributed by atoms with Crippen LogP contribution < -0.4 is 15.4 Å². The van der Waals surface area contributed by atoms with Gasteiger partial charge in [-0.05, 0) is 35.9 Å². The summed E-state index contributed by atoms with van der Waals surface area (Å²) in [4.78, 5) is 24.4. The third-order valence-corrected chi connectivity index (χ3v) is 5.09. The lowest BCUT2D eigenvalue weighted by Crippen LogP contribution is -2.48. The number of carbonyl (C=O) groups is 2. The van der Waals surface area contributed by atoms with Crippen molar-refractivity contribution in [3.63, 3.8) is 0 Å². The Morgan fingerprint density at radius 3 is 2.58 bits per heavy atom. The third kappa shape index (κ3) is 2.37. The van der Waals surface area contributed by atoms with Crippen molar-refractivity contribution in [3.8, 4) is 5.75 Å². The highest BCUT2D eigenvalue weighted by Gasteiger charge is 2.53. The molecule has 122 valence electrons. The molecule has 2 aliphatic heterocycles. The molecule has 0 aromatic heterocycles. The van der Waals surface area contributed by atoms with Crippen molar-refractivity contribution < 1.29 is 14.3 Å². The minimum Gasteiger partial charge on any atom is -0.485 e. The maximum atomic E-state index is 12.6. The minimum absolute atomic E-state index is 0.301. The van der Waals surface area contributed by atoms with Gasteiger partial charge in [-0.2, -0.15) is 0 Å². The van der Waals surface area contributed by atoms with Crippen molar-refractivity contribution in [2.24, 2.45) is 0 Å². The normalized spacial score (nSPS) is 25.0. The molecule has 5 nitrogen and oxygen atoms in total. The second-order valence-corrected chi connectivity index (χ2v) is 7.17. The molecule has 24 heavy (non-hydrogen) atoms. The topological polar surface area (TPSA) is 67.4 Å². The highest BCUT2D eigenvalue weighted by molar-refractivity contribution is 9.10. The summed E-state index contributed by atoms with van der Waals surface area (Å²) < 4.78 is 6.90. The first-order valence-corrected chi connectivity index (χ1v) is 8.51. The number of imide groups is 1. The fourth-order valence-corrected chi connectivity index (χ4v) is 3.70. The van der Waals surface area contributed by atoms with Crippen LogP contribution in [0, 0.1) is 0 Å². The molecule has 2 unspecified atom stereocenters. The summed E-state index contributed by atoms with van der Waals surface area (Å²) in [5.41, 5.74) is 0.394. The summed E-state index contributed by atoms with van der Waals surface area (Å²) in [5, 5.41) is 5.75. The molecular formula is C17H12BrClN2O3. The maximum absolute atomic E-state index is 12.6. The standard InChI is InChI=1S/C17H12BrClN2O3/c18-10-3-6-13-12(7-10)17(15(22)20-16(23)21-17)8-14(24-13)9-1-4-11(19)5-2-9/h1-7,14H,8H2,(H2,20,21,22,23). The van der Waals surface area contributed by atoms with Gasteiger partial charge in [0.1, 0.15) is 11.9 Å². The highest BCUT2D eigenvalue weighted by atomic mass is 79.9. The van der Waals surface area contributed by atoms with Crippen molar-refractivity contribution >= 4 is 39.5 Å². The van der Waals surface area contributed by atoms with Crippen molar-refractivity contribution in [2.75, 3.05) is 0 Å². The molecule has 1 spiro atoms. The summed E-state index contributed by atoms with van der Waals surface area (Å²) >= 11 is 9.35. The highest BCUT2D eigenvalue weighted by Crippen LogP contribution is 2.46. The molecule has 2 aromatic carbocycles. The Hall–Kier alpha value is -2.05. The first-order chi connectivity index (χ1) is 11.5. The predicted molar refractivity (Wildman–Crippen MR) is 91.9 cm³/mol. The molecule has 2 heterocycles. The molecule has 2 aromatic rings. The molecule has 2 N–H and O–H groups in total.